The molecule has 0 atom stereocenters. The number of methoxy groups -OCH3 is 1. The third-order valence-electron chi connectivity index (χ3n) is 4.57. The molecule has 1 heterocycles. The van der Waals surface area contributed by atoms with E-state index in [4.69, 9.17) is 17.0 Å². The normalized spacial score (nSPS) is 18.8. The molecule has 1 N–H and O–H groups in total. The number of rotatable bonds is 5. The third-order valence-corrected chi connectivity index (χ3v) is 4.92. The predicted molar refractivity (Wildman–Crippen MR) is 92.9 cm³/mol. The smallest absolute Gasteiger partial charge is 0.251 e. The third kappa shape index (κ3) is 3.19. The second-order valence-corrected chi connectivity index (χ2v) is 6.46. The van der Waals surface area contributed by atoms with E-state index >= 15 is 0 Å². The van der Waals surface area contributed by atoms with Crippen LogP contribution < -0.4 is 5.32 Å². The number of amides is 1. The number of nitrogens with one attached hydrogen (secondary N) is 1. The highest BCUT2D eigenvalue weighted by molar-refractivity contribution is 7.80. The lowest BCUT2D eigenvalue weighted by atomic mass is 9.95. The SMILES string of the molecule is COCCNC(=S)N1CCCN1C(=O)C1(c2ccccc2)CC1. The van der Waals surface area contributed by atoms with Crippen LogP contribution in [0.2, 0.25) is 0 Å². The Kier molecular flexibility index (Phi) is 4.82. The van der Waals surface area contributed by atoms with Crippen molar-refractivity contribution in [2.45, 2.75) is 24.7 Å². The summed E-state index contributed by atoms with van der Waals surface area (Å²) in [6.45, 7) is 2.77. The second kappa shape index (κ2) is 6.84. The maximum atomic E-state index is 13.1. The van der Waals surface area contributed by atoms with E-state index in [1.807, 2.05) is 28.2 Å². The first-order chi connectivity index (χ1) is 11.2. The molecule has 124 valence electrons. The molecule has 1 amide bonds. The van der Waals surface area contributed by atoms with Crippen LogP contribution in [-0.4, -0.2) is 54.4 Å². The van der Waals surface area contributed by atoms with Crippen molar-refractivity contribution in [1.29, 1.82) is 0 Å². The number of hydrazine groups is 1. The van der Waals surface area contributed by atoms with E-state index in [-0.39, 0.29) is 11.3 Å². The minimum Gasteiger partial charge on any atom is -0.383 e. The van der Waals surface area contributed by atoms with Crippen molar-refractivity contribution in [3.05, 3.63) is 35.9 Å². The van der Waals surface area contributed by atoms with Crippen LogP contribution in [0.3, 0.4) is 0 Å². The van der Waals surface area contributed by atoms with E-state index in [1.54, 1.807) is 7.11 Å². The van der Waals surface area contributed by atoms with Crippen LogP contribution in [0, 0.1) is 0 Å². The number of benzene rings is 1. The van der Waals surface area contributed by atoms with Crippen LogP contribution in [-0.2, 0) is 14.9 Å². The summed E-state index contributed by atoms with van der Waals surface area (Å²) in [6, 6.07) is 10.1. The van der Waals surface area contributed by atoms with Crippen LogP contribution in [0.4, 0.5) is 0 Å². The lowest BCUT2D eigenvalue weighted by Gasteiger charge is -2.33. The number of thiocarbonyl (C=S) groups is 1. The monoisotopic (exact) mass is 333 g/mol. The molecule has 3 rings (SSSR count). The summed E-state index contributed by atoms with van der Waals surface area (Å²) < 4.78 is 5.03. The maximum Gasteiger partial charge on any atom is 0.251 e. The van der Waals surface area contributed by atoms with Crippen LogP contribution in [0.15, 0.2) is 30.3 Å². The zero-order valence-electron chi connectivity index (χ0n) is 13.5. The predicted octanol–water partition coefficient (Wildman–Crippen LogP) is 1.69. The van der Waals surface area contributed by atoms with Gasteiger partial charge in [-0.25, -0.2) is 0 Å². The van der Waals surface area contributed by atoms with Gasteiger partial charge in [0.2, 0.25) is 0 Å². The van der Waals surface area contributed by atoms with Crippen molar-refractivity contribution in [2.24, 2.45) is 0 Å². The minimum absolute atomic E-state index is 0.178. The van der Waals surface area contributed by atoms with Gasteiger partial charge in [0.15, 0.2) is 5.11 Å². The van der Waals surface area contributed by atoms with Crippen molar-refractivity contribution in [2.75, 3.05) is 33.4 Å². The Labute approximate surface area is 142 Å². The first-order valence-electron chi connectivity index (χ1n) is 8.11. The van der Waals surface area contributed by atoms with Gasteiger partial charge in [0.1, 0.15) is 0 Å². The maximum absolute atomic E-state index is 13.1. The highest BCUT2D eigenvalue weighted by Crippen LogP contribution is 2.50. The fraction of sp³-hybridized carbons (Fsp3) is 0.529. The molecule has 2 fully saturated rings. The van der Waals surface area contributed by atoms with E-state index in [2.05, 4.69) is 17.4 Å². The van der Waals surface area contributed by atoms with Crippen LogP contribution in [0.25, 0.3) is 0 Å². The first kappa shape index (κ1) is 16.2. The molecule has 0 unspecified atom stereocenters. The number of carbonyl (C=O) groups is 1. The lowest BCUT2D eigenvalue weighted by Crippen LogP contribution is -2.52. The number of hydrogen-bond acceptors (Lipinski definition) is 3. The van der Waals surface area contributed by atoms with Gasteiger partial charge in [0.25, 0.3) is 5.91 Å². The molecule has 0 bridgehead atoms. The molecule has 1 aliphatic carbocycles. The van der Waals surface area contributed by atoms with Gasteiger partial charge >= 0.3 is 0 Å². The number of nitrogens with zero attached hydrogens (tertiary/aromatic N) is 2. The topological polar surface area (TPSA) is 44.8 Å². The average Bonchev–Trinajstić information content (AvgIpc) is 3.25. The van der Waals surface area contributed by atoms with Gasteiger partial charge in [-0.3, -0.25) is 14.8 Å². The molecule has 1 aromatic carbocycles. The fourth-order valence-corrected chi connectivity index (χ4v) is 3.43. The number of ether oxygens (including phenoxy) is 1. The van der Waals surface area contributed by atoms with Crippen molar-refractivity contribution < 1.29 is 9.53 Å². The number of carbonyl (C=O) groups excluding carboxylic acids is 1. The molecule has 1 saturated heterocycles. The summed E-state index contributed by atoms with van der Waals surface area (Å²) in [7, 11) is 1.66. The van der Waals surface area contributed by atoms with Gasteiger partial charge < -0.3 is 10.1 Å². The molecule has 23 heavy (non-hydrogen) atoms. The van der Waals surface area contributed by atoms with Gasteiger partial charge in [-0.1, -0.05) is 30.3 Å². The minimum atomic E-state index is -0.341. The van der Waals surface area contributed by atoms with Crippen LogP contribution in [0.1, 0.15) is 24.8 Å². The van der Waals surface area contributed by atoms with E-state index in [0.29, 0.717) is 18.3 Å². The van der Waals surface area contributed by atoms with E-state index in [0.717, 1.165) is 37.9 Å². The summed E-state index contributed by atoms with van der Waals surface area (Å²) in [5.41, 5.74) is 0.779. The second-order valence-electron chi connectivity index (χ2n) is 6.08. The molecular weight excluding hydrogens is 310 g/mol. The average molecular weight is 333 g/mol. The van der Waals surface area contributed by atoms with Gasteiger partial charge in [0.05, 0.1) is 12.0 Å². The molecule has 2 aliphatic rings. The fourth-order valence-electron chi connectivity index (χ4n) is 3.14. The first-order valence-corrected chi connectivity index (χ1v) is 8.51. The van der Waals surface area contributed by atoms with Crippen LogP contribution in [0.5, 0.6) is 0 Å². The molecule has 1 saturated carbocycles. The molecule has 6 heteroatoms. The van der Waals surface area contributed by atoms with Crippen molar-refractivity contribution >= 4 is 23.2 Å². The van der Waals surface area contributed by atoms with Crippen molar-refractivity contribution in [3.8, 4) is 0 Å². The van der Waals surface area contributed by atoms with E-state index in [9.17, 15) is 4.79 Å². The Balaban J connectivity index is 1.70. The van der Waals surface area contributed by atoms with Gasteiger partial charge in [-0.05, 0) is 37.0 Å². The van der Waals surface area contributed by atoms with Crippen molar-refractivity contribution in [3.63, 3.8) is 0 Å². The molecular formula is C17H23N3O2S. The Hall–Kier alpha value is -1.66. The van der Waals surface area contributed by atoms with Gasteiger partial charge in [-0.15, -0.1) is 0 Å². The standard InChI is InChI=1S/C17H23N3O2S/c1-22-13-10-18-16(23)20-12-5-11-19(20)15(21)17(8-9-17)14-6-3-2-4-7-14/h2-4,6-7H,5,8-13H2,1H3,(H,18,23). The molecule has 0 radical (unpaired) electrons. The molecule has 5 nitrogen and oxygen atoms in total. The van der Waals surface area contributed by atoms with Crippen molar-refractivity contribution in [1.82, 2.24) is 15.3 Å². The quantitative estimate of drug-likeness (QED) is 0.656. The molecule has 1 aliphatic heterocycles. The summed E-state index contributed by atoms with van der Waals surface area (Å²) in [6.07, 6.45) is 2.79. The Morgan fingerprint density at radius 3 is 2.61 bits per heavy atom. The lowest BCUT2D eigenvalue weighted by molar-refractivity contribution is -0.141. The van der Waals surface area contributed by atoms with Gasteiger partial charge in [0, 0.05) is 26.7 Å². The largest absolute Gasteiger partial charge is 0.383 e. The summed E-state index contributed by atoms with van der Waals surface area (Å²) >= 11 is 5.45. The van der Waals surface area contributed by atoms with Gasteiger partial charge in [-0.2, -0.15) is 0 Å². The zero-order valence-corrected chi connectivity index (χ0v) is 14.3. The Morgan fingerprint density at radius 2 is 1.96 bits per heavy atom. The molecule has 1 aromatic rings. The van der Waals surface area contributed by atoms with E-state index < -0.39 is 0 Å². The number of hydrogen-bond donors (Lipinski definition) is 1. The van der Waals surface area contributed by atoms with Crippen LogP contribution >= 0.6 is 12.2 Å². The molecule has 0 spiro atoms. The zero-order chi connectivity index (χ0) is 16.3. The molecule has 0 aromatic heterocycles. The van der Waals surface area contributed by atoms with E-state index in [1.165, 1.54) is 0 Å². The highest BCUT2D eigenvalue weighted by Gasteiger charge is 2.54. The summed E-state index contributed by atoms with van der Waals surface area (Å²) in [5, 5.41) is 7.52. The Morgan fingerprint density at radius 1 is 1.26 bits per heavy atom. The summed E-state index contributed by atoms with van der Waals surface area (Å²) in [5.74, 6) is 0.178. The summed E-state index contributed by atoms with van der Waals surface area (Å²) in [4.78, 5) is 13.1. The Bertz CT molecular complexity index is 574. The highest BCUT2D eigenvalue weighted by atomic mass is 32.1.